The molecule has 0 heterocycles. The zero-order chi connectivity index (χ0) is 28.3. The summed E-state index contributed by atoms with van der Waals surface area (Å²) in [7, 11) is 0. The van der Waals surface area contributed by atoms with Crippen LogP contribution >= 0.6 is 0 Å². The summed E-state index contributed by atoms with van der Waals surface area (Å²) < 4.78 is 18.9. The van der Waals surface area contributed by atoms with Crippen LogP contribution in [0.1, 0.15) is 194 Å². The lowest BCUT2D eigenvalue weighted by Crippen LogP contribution is -2.24. The Bertz CT molecular complexity index is 421. The Hall–Kier alpha value is -0.120. The van der Waals surface area contributed by atoms with E-state index in [2.05, 4.69) is 19.0 Å². The lowest BCUT2D eigenvalue weighted by Gasteiger charge is -2.15. The number of rotatable bonds is 35. The summed E-state index contributed by atoms with van der Waals surface area (Å²) in [5.74, 6) is 0. The van der Waals surface area contributed by atoms with Gasteiger partial charge in [-0.15, -0.1) is 0 Å². The van der Waals surface area contributed by atoms with Crippen LogP contribution < -0.4 is 0 Å². The number of unbranched alkanes of at least 4 members (excludes halogenated alkanes) is 26. The summed E-state index contributed by atoms with van der Waals surface area (Å²) in [4.78, 5) is 0. The summed E-state index contributed by atoms with van der Waals surface area (Å²) in [6.45, 7) is 6.99. The second-order valence-corrected chi connectivity index (χ2v) is 11.9. The molecule has 3 heteroatoms. The van der Waals surface area contributed by atoms with Gasteiger partial charge in [0.1, 0.15) is 6.10 Å². The molecule has 0 rings (SSSR count). The van der Waals surface area contributed by atoms with Gasteiger partial charge in [0.25, 0.3) is 0 Å². The zero-order valence-corrected chi connectivity index (χ0v) is 26.4. The Balaban J connectivity index is 3.35. The third-order valence-corrected chi connectivity index (χ3v) is 7.98. The molecule has 38 heavy (non-hydrogen) atoms. The van der Waals surface area contributed by atoms with Crippen molar-refractivity contribution in [3.05, 3.63) is 0 Å². The van der Waals surface area contributed by atoms with E-state index in [9.17, 15) is 0 Å². The van der Waals surface area contributed by atoms with Crippen molar-refractivity contribution in [2.45, 2.75) is 200 Å². The molecule has 0 bridgehead atoms. The van der Waals surface area contributed by atoms with E-state index >= 15 is 0 Å². The molecule has 1 atom stereocenters. The topological polar surface area (TPSA) is 38.7 Å². The second-order valence-electron chi connectivity index (χ2n) is 11.9. The van der Waals surface area contributed by atoms with Crippen molar-refractivity contribution in [1.29, 1.82) is 1.43 Å². The van der Waals surface area contributed by atoms with E-state index in [1.54, 1.807) is 0 Å². The van der Waals surface area contributed by atoms with E-state index in [-0.39, 0.29) is 6.10 Å². The maximum absolute atomic E-state index is 7.09. The number of ether oxygens (including phenoxy) is 2. The number of hydrogen-bond donors (Lipinski definition) is 1. The molecule has 230 valence electrons. The van der Waals surface area contributed by atoms with Crippen molar-refractivity contribution in [2.75, 3.05) is 26.4 Å². The molecule has 0 fully saturated rings. The van der Waals surface area contributed by atoms with E-state index in [0.717, 1.165) is 26.1 Å². The van der Waals surface area contributed by atoms with E-state index in [1.807, 2.05) is 0 Å². The van der Waals surface area contributed by atoms with E-state index in [1.165, 1.54) is 167 Å². The van der Waals surface area contributed by atoms with Crippen molar-refractivity contribution in [3.63, 3.8) is 0 Å². The third-order valence-electron chi connectivity index (χ3n) is 7.98. The van der Waals surface area contributed by atoms with Gasteiger partial charge in [0.2, 0.25) is 1.43 Å². The Morgan fingerprint density at radius 1 is 0.447 bits per heavy atom. The SMILES string of the molecule is [2H]OC[C@H](COCCCCCCCCCCCCCCCC)OCCCCCCCCCCCCCCCC. The maximum atomic E-state index is 7.09. The summed E-state index contributed by atoms with van der Waals surface area (Å²) in [6.07, 6.45) is 38.4. The fourth-order valence-electron chi connectivity index (χ4n) is 5.30. The van der Waals surface area contributed by atoms with Crippen LogP contribution in [-0.4, -0.2) is 39.1 Å². The smallest absolute Gasteiger partial charge is 0.210 e. The van der Waals surface area contributed by atoms with Gasteiger partial charge in [0.05, 0.1) is 13.2 Å². The van der Waals surface area contributed by atoms with Crippen LogP contribution in [-0.2, 0) is 9.47 Å². The molecular weight excluding hydrogens is 468 g/mol. The molecular formula is C35H72O3. The first kappa shape index (κ1) is 35.9. The fourth-order valence-corrected chi connectivity index (χ4v) is 5.30. The average molecular weight is 542 g/mol. The van der Waals surface area contributed by atoms with Crippen LogP contribution in [0.4, 0.5) is 0 Å². The first-order valence-corrected chi connectivity index (χ1v) is 17.6. The highest BCUT2D eigenvalue weighted by molar-refractivity contribution is 4.56. The van der Waals surface area contributed by atoms with Crippen LogP contribution in [0, 0.1) is 0 Å². The summed E-state index contributed by atoms with van der Waals surface area (Å²) >= 11 is 0. The molecule has 0 aromatic heterocycles. The molecule has 0 radical (unpaired) electrons. The largest absolute Gasteiger partial charge is 0.394 e. The van der Waals surface area contributed by atoms with Crippen LogP contribution in [0.3, 0.4) is 0 Å². The molecule has 0 unspecified atom stereocenters. The second kappa shape index (κ2) is 34.9. The van der Waals surface area contributed by atoms with Crippen LogP contribution in [0.15, 0.2) is 0 Å². The average Bonchev–Trinajstić information content (AvgIpc) is 2.94. The van der Waals surface area contributed by atoms with Crippen LogP contribution in [0.2, 0.25) is 0 Å². The predicted molar refractivity (Wildman–Crippen MR) is 168 cm³/mol. The summed E-state index contributed by atoms with van der Waals surface area (Å²) in [5.41, 5.74) is 0. The zero-order valence-electron chi connectivity index (χ0n) is 27.4. The van der Waals surface area contributed by atoms with E-state index in [4.69, 9.17) is 10.9 Å². The molecule has 0 saturated carbocycles. The Kier molecular flexibility index (Phi) is 33.0. The predicted octanol–water partition coefficient (Wildman–Crippen LogP) is 11.3. The number of aliphatic hydroxyl groups excluding tert-OH is 1. The Morgan fingerprint density at radius 3 is 1.11 bits per heavy atom. The molecule has 0 aromatic rings. The monoisotopic (exact) mass is 542 g/mol. The molecule has 0 aliphatic rings. The maximum Gasteiger partial charge on any atom is 0.210 e. The van der Waals surface area contributed by atoms with Gasteiger partial charge in [0.15, 0.2) is 0 Å². The summed E-state index contributed by atoms with van der Waals surface area (Å²) in [5, 5.41) is 4.60. The number of hydrogen-bond acceptors (Lipinski definition) is 3. The van der Waals surface area contributed by atoms with Crippen molar-refractivity contribution in [2.24, 2.45) is 0 Å². The quantitative estimate of drug-likeness (QED) is 0.0811. The van der Waals surface area contributed by atoms with Gasteiger partial charge in [-0.3, -0.25) is 0 Å². The Labute approximate surface area is 242 Å². The van der Waals surface area contributed by atoms with Crippen LogP contribution in [0.5, 0.6) is 0 Å². The highest BCUT2D eigenvalue weighted by Gasteiger charge is 2.07. The fraction of sp³-hybridized carbons (Fsp3) is 1.00. The van der Waals surface area contributed by atoms with Crippen molar-refractivity contribution in [1.82, 2.24) is 0 Å². The van der Waals surface area contributed by atoms with Gasteiger partial charge >= 0.3 is 0 Å². The third kappa shape index (κ3) is 32.1. The van der Waals surface area contributed by atoms with E-state index < -0.39 is 0 Å². The molecule has 0 spiro atoms. The first-order valence-electron chi connectivity index (χ1n) is 18.0. The molecule has 0 aliphatic carbocycles. The van der Waals surface area contributed by atoms with Gasteiger partial charge < -0.3 is 14.6 Å². The van der Waals surface area contributed by atoms with Gasteiger partial charge in [-0.1, -0.05) is 181 Å². The molecule has 0 aliphatic heterocycles. The minimum atomic E-state index is -0.101. The molecule has 0 amide bonds. The Morgan fingerprint density at radius 2 is 0.763 bits per heavy atom. The highest BCUT2D eigenvalue weighted by Crippen LogP contribution is 2.14. The highest BCUT2D eigenvalue weighted by atomic mass is 16.5. The van der Waals surface area contributed by atoms with Crippen molar-refractivity contribution < 1.29 is 14.6 Å². The van der Waals surface area contributed by atoms with Crippen molar-refractivity contribution in [3.8, 4) is 0 Å². The number of aliphatic hydroxyl groups is 1. The minimum Gasteiger partial charge on any atom is -0.394 e. The summed E-state index contributed by atoms with van der Waals surface area (Å²) in [6, 6.07) is 0. The standard InChI is InChI=1S/C35H72O3/c1-3-5-7-9-11-13-15-17-19-21-23-25-27-29-31-37-34-35(33-36)38-32-30-28-26-24-22-20-18-16-14-12-10-8-6-4-2/h35-36H,3-34H2,1-2H3/t35-/m1/s1/i36D. The van der Waals surface area contributed by atoms with Gasteiger partial charge in [0, 0.05) is 13.2 Å². The minimum absolute atomic E-state index is 0.101. The molecule has 1 N–H and O–H groups in total. The van der Waals surface area contributed by atoms with Gasteiger partial charge in [-0.2, -0.15) is 0 Å². The van der Waals surface area contributed by atoms with Gasteiger partial charge in [-0.25, -0.2) is 0 Å². The normalized spacial score (nSPS) is 12.7. The van der Waals surface area contributed by atoms with Crippen LogP contribution in [0.25, 0.3) is 0 Å². The van der Waals surface area contributed by atoms with Crippen molar-refractivity contribution >= 4 is 0 Å². The van der Waals surface area contributed by atoms with E-state index in [0.29, 0.717) is 13.2 Å². The lowest BCUT2D eigenvalue weighted by molar-refractivity contribution is -0.0437. The molecule has 3 nitrogen and oxygen atoms in total. The first-order chi connectivity index (χ1) is 19.3. The molecule has 0 saturated heterocycles. The van der Waals surface area contributed by atoms with Gasteiger partial charge in [-0.05, 0) is 12.8 Å². The lowest BCUT2D eigenvalue weighted by atomic mass is 10.0. The molecule has 0 aromatic carbocycles.